The minimum atomic E-state index is -1.66. The number of hydrogen-bond donors (Lipinski definition) is 13. The van der Waals surface area contributed by atoms with Gasteiger partial charge < -0.3 is 74.7 Å². The Bertz CT molecular complexity index is 2360. The van der Waals surface area contributed by atoms with Gasteiger partial charge in [-0.25, -0.2) is 0 Å². The molecule has 0 bridgehead atoms. The van der Waals surface area contributed by atoms with Gasteiger partial charge in [0, 0.05) is 55.5 Å². The first-order chi connectivity index (χ1) is 36.6. The lowest BCUT2D eigenvalue weighted by Gasteiger charge is -2.31. The first-order valence-corrected chi connectivity index (χ1v) is 28.1. The number of hydrogen-bond acceptors (Lipinski definition) is 14. The van der Waals surface area contributed by atoms with Crippen molar-refractivity contribution in [3.8, 4) is 0 Å². The van der Waals surface area contributed by atoms with Gasteiger partial charge >= 0.3 is 0 Å². The van der Waals surface area contributed by atoms with Crippen LogP contribution in [0.4, 0.5) is 0 Å². The lowest BCUT2D eigenvalue weighted by atomic mass is 9.96. The number of aromatic amines is 1. The Morgan fingerprint density at radius 2 is 1.29 bits per heavy atom. The number of fused-ring (bicyclic) bond motifs is 1. The highest BCUT2D eigenvalue weighted by atomic mass is 32.2. The number of aliphatic hydroxyl groups excluding tert-OH is 1. The van der Waals surface area contributed by atoms with E-state index in [0.717, 1.165) is 17.3 Å². The molecule has 2 aromatic rings. The van der Waals surface area contributed by atoms with Crippen LogP contribution in [0.15, 0.2) is 30.5 Å². The fourth-order valence-corrected chi connectivity index (χ4v) is 9.94. The number of H-pyrrole nitrogens is 1. The zero-order valence-electron chi connectivity index (χ0n) is 45.2. The maximum Gasteiger partial charge on any atom is 0.245 e. The molecule has 0 saturated carbocycles. The zero-order chi connectivity index (χ0) is 56.9. The Balaban J connectivity index is 1.57. The normalized spacial score (nSPS) is 18.8. The fourth-order valence-electron chi connectivity index (χ4n) is 9.47. The molecule has 2 fully saturated rings. The van der Waals surface area contributed by atoms with Gasteiger partial charge in [-0.05, 0) is 100 Å². The fraction of sp³-hybridized carbons (Fsp3) is 0.654. The Hall–Kier alpha value is -6.31. The van der Waals surface area contributed by atoms with E-state index in [2.05, 4.69) is 47.5 Å². The van der Waals surface area contributed by atoms with Crippen LogP contribution < -0.4 is 59.7 Å². The van der Waals surface area contributed by atoms with Gasteiger partial charge in [0.1, 0.15) is 42.3 Å². The van der Waals surface area contributed by atoms with Gasteiger partial charge in [0.05, 0.1) is 12.1 Å². The van der Waals surface area contributed by atoms with E-state index in [1.54, 1.807) is 38.8 Å². The monoisotopic (exact) mass is 1100 g/mol. The number of thioether (sulfide) groups is 1. The van der Waals surface area contributed by atoms with Crippen LogP contribution in [0.3, 0.4) is 0 Å². The minimum absolute atomic E-state index is 0.0452. The molecule has 4 rings (SSSR count). The average Bonchev–Trinajstić information content (AvgIpc) is 4.20. The smallest absolute Gasteiger partial charge is 0.245 e. The van der Waals surface area contributed by atoms with Crippen molar-refractivity contribution in [3.63, 3.8) is 0 Å². The van der Waals surface area contributed by atoms with Crippen LogP contribution >= 0.6 is 11.8 Å². The molecular weight excluding hydrogens is 1010 g/mol. The average molecular weight is 1100 g/mol. The predicted octanol–water partition coefficient (Wildman–Crippen LogP) is -1.44. The summed E-state index contributed by atoms with van der Waals surface area (Å²) in [7, 11) is 0. The van der Waals surface area contributed by atoms with E-state index in [-0.39, 0.29) is 63.5 Å². The first kappa shape index (κ1) is 63.2. The van der Waals surface area contributed by atoms with Crippen LogP contribution in [0.1, 0.15) is 111 Å². The standard InChI is InChI=1S/C52H83N13O11S/c1-7-29(4)43(63-47(71)36(16-18-41(54)67)58-45(69)35-15-10-21-56-35)50(74)64-44(30(5)66)51(75)62-39(24-28(2)3)48(72)59-37(20-23-77-6)46(70)61-40(25-31-27-57-34-14-9-8-13-33(31)34)49(73)60-38(17-19-42(55)68)52(76)65-22-11-12-32(65)26-53/h8-9,13-14,27-30,32,35-40,43-44,56-57,66H,7,10-12,15-26,53H2,1-6H3,(H2,54,67)(H2,55,68)(H,58,69)(H,59,72)(H,60,73)(H,61,70)(H,62,75)(H,63,71)(H,64,74)/t29-,30+,32-,35-,36-,37-,38-,39-,40-,43-,44-/m0/s1. The number of primary amides is 2. The van der Waals surface area contributed by atoms with Crippen LogP contribution in [-0.2, 0) is 54.4 Å². The molecule has 25 heteroatoms. The summed E-state index contributed by atoms with van der Waals surface area (Å²) in [6.07, 6.45) is 4.40. The van der Waals surface area contributed by atoms with Gasteiger partial charge in [-0.3, -0.25) is 47.9 Å². The molecule has 428 valence electrons. The third kappa shape index (κ3) is 19.3. The second-order valence-electron chi connectivity index (χ2n) is 20.6. The summed E-state index contributed by atoms with van der Waals surface area (Å²) in [6, 6.07) is -2.71. The van der Waals surface area contributed by atoms with Crippen molar-refractivity contribution < 1.29 is 53.1 Å². The molecule has 77 heavy (non-hydrogen) atoms. The van der Waals surface area contributed by atoms with Crippen LogP contribution in [0, 0.1) is 11.8 Å². The molecule has 1 aromatic carbocycles. The van der Waals surface area contributed by atoms with E-state index < -0.39 is 119 Å². The molecule has 1 aromatic heterocycles. The summed E-state index contributed by atoms with van der Waals surface area (Å²) in [5.74, 6) is -7.48. The lowest BCUT2D eigenvalue weighted by Crippen LogP contribution is -2.62. The Kier molecular flexibility index (Phi) is 25.6. The molecule has 2 aliphatic rings. The van der Waals surface area contributed by atoms with E-state index >= 15 is 0 Å². The number of benzene rings is 1. The van der Waals surface area contributed by atoms with Crippen LogP contribution in [0.2, 0.25) is 0 Å². The van der Waals surface area contributed by atoms with Crippen molar-refractivity contribution >= 4 is 81.7 Å². The molecule has 16 N–H and O–H groups in total. The summed E-state index contributed by atoms with van der Waals surface area (Å²) < 4.78 is 0. The van der Waals surface area contributed by atoms with E-state index in [4.69, 9.17) is 17.2 Å². The maximum absolute atomic E-state index is 14.5. The summed E-state index contributed by atoms with van der Waals surface area (Å²) >= 11 is 1.40. The third-order valence-corrected chi connectivity index (χ3v) is 14.7. The highest BCUT2D eigenvalue weighted by molar-refractivity contribution is 7.98. The maximum atomic E-state index is 14.5. The molecule has 2 aliphatic heterocycles. The number of nitrogens with two attached hydrogens (primary N) is 3. The van der Waals surface area contributed by atoms with Crippen molar-refractivity contribution in [2.75, 3.05) is 31.6 Å². The molecule has 0 radical (unpaired) electrons. The molecule has 11 atom stereocenters. The number of aromatic nitrogens is 1. The number of carbonyl (C=O) groups excluding carboxylic acids is 10. The van der Waals surface area contributed by atoms with Gasteiger partial charge in [0.2, 0.25) is 59.1 Å². The Morgan fingerprint density at radius 1 is 0.714 bits per heavy atom. The number of rotatable bonds is 32. The lowest BCUT2D eigenvalue weighted by molar-refractivity contribution is -0.138. The summed E-state index contributed by atoms with van der Waals surface area (Å²) in [5.41, 5.74) is 18.3. The van der Waals surface area contributed by atoms with Crippen molar-refractivity contribution in [1.29, 1.82) is 0 Å². The molecule has 0 aliphatic carbocycles. The third-order valence-electron chi connectivity index (χ3n) is 14.1. The molecule has 24 nitrogen and oxygen atoms in total. The van der Waals surface area contributed by atoms with E-state index in [1.807, 2.05) is 30.5 Å². The zero-order valence-corrected chi connectivity index (χ0v) is 46.1. The first-order valence-electron chi connectivity index (χ1n) is 26.7. The number of nitrogens with zero attached hydrogens (tertiary/aromatic N) is 1. The molecule has 10 amide bonds. The SMILES string of the molecule is CC[C@H](C)[C@H](NC(=O)[C@H](CCC(N)=O)NC(=O)[C@@H]1CCCN1)C(=O)N[C@H](C(=O)N[C@@H](CC(C)C)C(=O)N[C@@H](CCSC)C(=O)N[C@@H](Cc1c[nH]c2ccccc12)C(=O)N[C@@H](CCC(N)=O)C(=O)N1CCC[C@H]1CN)[C@@H](C)O. The molecule has 0 spiro atoms. The van der Waals surface area contributed by atoms with E-state index in [1.165, 1.54) is 18.7 Å². The number of amides is 10. The van der Waals surface area contributed by atoms with Crippen molar-refractivity contribution in [1.82, 2.24) is 52.4 Å². The summed E-state index contributed by atoms with van der Waals surface area (Å²) in [4.78, 5) is 141. The highest BCUT2D eigenvalue weighted by Gasteiger charge is 2.39. The van der Waals surface area contributed by atoms with Crippen LogP contribution in [0.25, 0.3) is 10.9 Å². The van der Waals surface area contributed by atoms with E-state index in [0.29, 0.717) is 50.1 Å². The number of aliphatic hydroxyl groups is 1. The quantitative estimate of drug-likeness (QED) is 0.0400. The van der Waals surface area contributed by atoms with Gasteiger partial charge in [-0.2, -0.15) is 11.8 Å². The summed E-state index contributed by atoms with van der Waals surface area (Å²) in [6.45, 7) is 9.55. The van der Waals surface area contributed by atoms with E-state index in [9.17, 15) is 53.1 Å². The second-order valence-corrected chi connectivity index (χ2v) is 21.6. The Labute approximate surface area is 454 Å². The van der Waals surface area contributed by atoms with Gasteiger partial charge in [-0.15, -0.1) is 0 Å². The molecule has 2 saturated heterocycles. The van der Waals surface area contributed by atoms with Crippen molar-refractivity contribution in [2.45, 2.75) is 172 Å². The highest BCUT2D eigenvalue weighted by Crippen LogP contribution is 2.22. The predicted molar refractivity (Wildman–Crippen MR) is 291 cm³/mol. The summed E-state index contributed by atoms with van der Waals surface area (Å²) in [5, 5.41) is 33.7. The van der Waals surface area contributed by atoms with Gasteiger partial charge in [0.15, 0.2) is 0 Å². The topological polar surface area (TPSA) is 384 Å². The molecule has 0 unspecified atom stereocenters. The number of likely N-dealkylation sites (tertiary alicyclic amines) is 1. The number of para-hydroxylation sites is 1. The van der Waals surface area contributed by atoms with Gasteiger partial charge in [-0.1, -0.05) is 52.3 Å². The largest absolute Gasteiger partial charge is 0.391 e. The molecular formula is C52H83N13O11S. The number of carbonyl (C=O) groups is 10. The van der Waals surface area contributed by atoms with Crippen molar-refractivity contribution in [2.24, 2.45) is 29.0 Å². The van der Waals surface area contributed by atoms with Crippen molar-refractivity contribution in [3.05, 3.63) is 36.0 Å². The Morgan fingerprint density at radius 3 is 1.90 bits per heavy atom. The van der Waals surface area contributed by atoms with Crippen LogP contribution in [0.5, 0.6) is 0 Å². The minimum Gasteiger partial charge on any atom is -0.391 e. The van der Waals surface area contributed by atoms with Gasteiger partial charge in [0.25, 0.3) is 0 Å². The second kappa shape index (κ2) is 31.2. The van der Waals surface area contributed by atoms with Crippen LogP contribution in [-0.4, -0.2) is 166 Å². The molecule has 3 heterocycles. The number of nitrogens with one attached hydrogen (secondary N) is 9.